The summed E-state index contributed by atoms with van der Waals surface area (Å²) >= 11 is 0. The maximum Gasteiger partial charge on any atom is 0.213 e. The molecule has 2 aromatic heterocycles. The fraction of sp³-hybridized carbons (Fsp3) is 0.316. The molecular formula is C19H17F4N3. The first-order valence-corrected chi connectivity index (χ1v) is 8.46. The van der Waals surface area contributed by atoms with Gasteiger partial charge in [0.15, 0.2) is 0 Å². The number of rotatable bonds is 3. The Morgan fingerprint density at radius 2 is 1.96 bits per heavy atom. The normalized spacial score (nSPS) is 20.6. The molecule has 2 unspecified atom stereocenters. The summed E-state index contributed by atoms with van der Waals surface area (Å²) < 4.78 is 58.4. The molecule has 3 nitrogen and oxygen atoms in total. The summed E-state index contributed by atoms with van der Waals surface area (Å²) in [6.45, 7) is 0.937. The van der Waals surface area contributed by atoms with Crippen LogP contribution in [0.5, 0.6) is 0 Å². The molecule has 1 aromatic carbocycles. The van der Waals surface area contributed by atoms with E-state index in [1.165, 1.54) is 16.8 Å². The lowest BCUT2D eigenvalue weighted by Crippen LogP contribution is -2.36. The molecule has 26 heavy (non-hydrogen) atoms. The first kappa shape index (κ1) is 17.0. The number of piperidine rings is 1. The molecule has 3 heterocycles. The Bertz CT molecular complexity index is 953. The van der Waals surface area contributed by atoms with Gasteiger partial charge in [-0.15, -0.1) is 0 Å². The number of nitrogens with zero attached hydrogens (tertiary/aromatic N) is 2. The van der Waals surface area contributed by atoms with Gasteiger partial charge in [-0.05, 0) is 48.4 Å². The van der Waals surface area contributed by atoms with Crippen LogP contribution in [0.1, 0.15) is 23.5 Å². The highest BCUT2D eigenvalue weighted by Gasteiger charge is 2.30. The van der Waals surface area contributed by atoms with Crippen molar-refractivity contribution in [1.29, 1.82) is 0 Å². The Kier molecular flexibility index (Phi) is 4.40. The van der Waals surface area contributed by atoms with Crippen LogP contribution < -0.4 is 5.32 Å². The zero-order valence-corrected chi connectivity index (χ0v) is 13.9. The van der Waals surface area contributed by atoms with Gasteiger partial charge in [-0.2, -0.15) is 4.39 Å². The van der Waals surface area contributed by atoms with Crippen molar-refractivity contribution < 1.29 is 17.6 Å². The van der Waals surface area contributed by atoms with Crippen molar-refractivity contribution >= 4 is 10.9 Å². The Balaban J connectivity index is 1.86. The lowest BCUT2D eigenvalue weighted by atomic mass is 9.88. The van der Waals surface area contributed by atoms with Gasteiger partial charge in [-0.25, -0.2) is 18.2 Å². The quantitative estimate of drug-likeness (QED) is 0.565. The van der Waals surface area contributed by atoms with Crippen LogP contribution in [-0.2, 0) is 6.54 Å². The number of hydrogen-bond donors (Lipinski definition) is 1. The molecule has 0 spiro atoms. The molecule has 3 aromatic rings. The molecule has 0 aliphatic carbocycles. The number of fused-ring (bicyclic) bond motifs is 1. The first-order valence-electron chi connectivity index (χ1n) is 8.46. The minimum absolute atomic E-state index is 0.0722. The van der Waals surface area contributed by atoms with Crippen molar-refractivity contribution in [1.82, 2.24) is 14.9 Å². The molecule has 1 fully saturated rings. The molecule has 0 bridgehead atoms. The molecule has 4 rings (SSSR count). The van der Waals surface area contributed by atoms with E-state index in [1.54, 1.807) is 12.3 Å². The zero-order chi connectivity index (χ0) is 18.3. The van der Waals surface area contributed by atoms with Crippen molar-refractivity contribution in [2.24, 2.45) is 0 Å². The van der Waals surface area contributed by atoms with E-state index in [9.17, 15) is 17.6 Å². The van der Waals surface area contributed by atoms with Gasteiger partial charge < -0.3 is 9.88 Å². The highest BCUT2D eigenvalue weighted by molar-refractivity contribution is 5.86. The molecule has 1 N–H and O–H groups in total. The van der Waals surface area contributed by atoms with Gasteiger partial charge >= 0.3 is 0 Å². The highest BCUT2D eigenvalue weighted by Crippen LogP contribution is 2.37. The average Bonchev–Trinajstić information content (AvgIpc) is 2.99. The Morgan fingerprint density at radius 3 is 2.73 bits per heavy atom. The molecule has 7 heteroatoms. The van der Waals surface area contributed by atoms with Gasteiger partial charge in [0.25, 0.3) is 0 Å². The maximum atomic E-state index is 14.5. The van der Waals surface area contributed by atoms with Crippen LogP contribution in [0.15, 0.2) is 36.7 Å². The lowest BCUT2D eigenvalue weighted by molar-refractivity contribution is 0.232. The topological polar surface area (TPSA) is 29.9 Å². The van der Waals surface area contributed by atoms with Gasteiger partial charge in [0.05, 0.1) is 5.52 Å². The van der Waals surface area contributed by atoms with Crippen LogP contribution in [0.4, 0.5) is 17.6 Å². The smallest absolute Gasteiger partial charge is 0.213 e. The standard InChI is InChI=1S/C19H17F4N3/c20-14-1-2-15(21)19-18(14)13(12-4-5-24-8-16(12)22)10-26(19)9-11-3-6-25-17(23)7-11/h1-3,6-7,10,12,16,24H,4-5,8-9H2. The maximum absolute atomic E-state index is 14.5. The summed E-state index contributed by atoms with van der Waals surface area (Å²) in [5.74, 6) is -2.33. The van der Waals surface area contributed by atoms with Gasteiger partial charge in [0.1, 0.15) is 17.8 Å². The molecule has 0 amide bonds. The van der Waals surface area contributed by atoms with Crippen molar-refractivity contribution in [3.8, 4) is 0 Å². The van der Waals surface area contributed by atoms with E-state index in [-0.39, 0.29) is 24.0 Å². The van der Waals surface area contributed by atoms with Gasteiger partial charge in [-0.1, -0.05) is 0 Å². The van der Waals surface area contributed by atoms with E-state index in [1.807, 2.05) is 0 Å². The molecule has 0 saturated carbocycles. The number of aromatic nitrogens is 2. The van der Waals surface area contributed by atoms with Crippen LogP contribution in [0.2, 0.25) is 0 Å². The van der Waals surface area contributed by atoms with E-state index >= 15 is 0 Å². The van der Waals surface area contributed by atoms with Crippen molar-refractivity contribution in [2.45, 2.75) is 25.1 Å². The van der Waals surface area contributed by atoms with E-state index in [0.29, 0.717) is 24.1 Å². The number of benzene rings is 1. The van der Waals surface area contributed by atoms with E-state index in [2.05, 4.69) is 10.3 Å². The monoisotopic (exact) mass is 363 g/mol. The fourth-order valence-electron chi connectivity index (χ4n) is 3.71. The van der Waals surface area contributed by atoms with E-state index in [4.69, 9.17) is 0 Å². The molecule has 136 valence electrons. The van der Waals surface area contributed by atoms with Crippen LogP contribution in [0.25, 0.3) is 10.9 Å². The lowest BCUT2D eigenvalue weighted by Gasteiger charge is -2.26. The SMILES string of the molecule is Fc1cc(Cn2cc(C3CCNCC3F)c3c(F)ccc(F)c32)ccn1. The molecule has 1 saturated heterocycles. The third-order valence-electron chi connectivity index (χ3n) is 4.90. The Hall–Kier alpha value is -2.41. The summed E-state index contributed by atoms with van der Waals surface area (Å²) in [5.41, 5.74) is 1.09. The van der Waals surface area contributed by atoms with Crippen LogP contribution in [0.3, 0.4) is 0 Å². The largest absolute Gasteiger partial charge is 0.340 e. The van der Waals surface area contributed by atoms with Crippen LogP contribution in [-0.4, -0.2) is 28.8 Å². The first-order chi connectivity index (χ1) is 12.5. The minimum Gasteiger partial charge on any atom is -0.340 e. The van der Waals surface area contributed by atoms with Gasteiger partial charge in [0.2, 0.25) is 5.95 Å². The summed E-state index contributed by atoms with van der Waals surface area (Å²) in [5, 5.41) is 3.07. The fourth-order valence-corrected chi connectivity index (χ4v) is 3.71. The second kappa shape index (κ2) is 6.72. The Morgan fingerprint density at radius 1 is 1.15 bits per heavy atom. The number of nitrogens with one attached hydrogen (secondary N) is 1. The molecular weight excluding hydrogens is 346 g/mol. The second-order valence-corrected chi connectivity index (χ2v) is 6.57. The van der Waals surface area contributed by atoms with Crippen molar-refractivity contribution in [3.63, 3.8) is 0 Å². The number of halogens is 4. The van der Waals surface area contributed by atoms with Crippen molar-refractivity contribution in [2.75, 3.05) is 13.1 Å². The molecule has 0 radical (unpaired) electrons. The van der Waals surface area contributed by atoms with Gasteiger partial charge in [0, 0.05) is 36.8 Å². The third kappa shape index (κ3) is 2.96. The second-order valence-electron chi connectivity index (χ2n) is 6.57. The Labute approximate surface area is 147 Å². The molecule has 1 aliphatic heterocycles. The number of hydrogen-bond acceptors (Lipinski definition) is 2. The van der Waals surface area contributed by atoms with Crippen molar-refractivity contribution in [3.05, 3.63) is 65.4 Å². The highest BCUT2D eigenvalue weighted by atomic mass is 19.1. The summed E-state index contributed by atoms with van der Waals surface area (Å²) in [6, 6.07) is 4.96. The van der Waals surface area contributed by atoms with Gasteiger partial charge in [-0.3, -0.25) is 0 Å². The zero-order valence-electron chi connectivity index (χ0n) is 13.9. The predicted molar refractivity (Wildman–Crippen MR) is 90.3 cm³/mol. The molecule has 2 atom stereocenters. The van der Waals surface area contributed by atoms with E-state index in [0.717, 1.165) is 12.1 Å². The minimum atomic E-state index is -1.18. The van der Waals surface area contributed by atoms with Crippen LogP contribution >= 0.6 is 0 Å². The number of alkyl halides is 1. The average molecular weight is 363 g/mol. The summed E-state index contributed by atoms with van der Waals surface area (Å²) in [6.07, 6.45) is 2.24. The molecule has 1 aliphatic rings. The summed E-state index contributed by atoms with van der Waals surface area (Å²) in [4.78, 5) is 3.50. The summed E-state index contributed by atoms with van der Waals surface area (Å²) in [7, 11) is 0. The third-order valence-corrected chi connectivity index (χ3v) is 4.90. The number of pyridine rings is 1. The predicted octanol–water partition coefficient (Wildman–Crippen LogP) is 3.92. The van der Waals surface area contributed by atoms with Crippen LogP contribution in [0, 0.1) is 17.6 Å². The van der Waals surface area contributed by atoms with E-state index < -0.39 is 29.7 Å².